The van der Waals surface area contributed by atoms with Crippen LogP contribution in [-0.2, 0) is 6.54 Å². The largest absolute Gasteiger partial charge is 0.328 e. The zero-order chi connectivity index (χ0) is 11.5. The van der Waals surface area contributed by atoms with Crippen LogP contribution in [-0.4, -0.2) is 24.0 Å². The van der Waals surface area contributed by atoms with Crippen LogP contribution in [0.1, 0.15) is 24.8 Å². The number of rotatable bonds is 3. The molecule has 2 rings (SSSR count). The van der Waals surface area contributed by atoms with E-state index in [0.29, 0.717) is 18.6 Å². The Kier molecular flexibility index (Phi) is 3.56. The first-order chi connectivity index (χ1) is 7.66. The van der Waals surface area contributed by atoms with E-state index in [2.05, 4.69) is 11.9 Å². The van der Waals surface area contributed by atoms with Gasteiger partial charge in [0.15, 0.2) is 0 Å². The molecule has 0 aliphatic heterocycles. The van der Waals surface area contributed by atoms with E-state index >= 15 is 0 Å². The molecule has 1 fully saturated rings. The lowest BCUT2D eigenvalue weighted by Gasteiger charge is -2.24. The highest BCUT2D eigenvalue weighted by Crippen LogP contribution is 2.23. The lowest BCUT2D eigenvalue weighted by atomic mass is 10.1. The van der Waals surface area contributed by atoms with Crippen LogP contribution in [0.25, 0.3) is 0 Å². The molecule has 0 aromatic heterocycles. The van der Waals surface area contributed by atoms with Crippen LogP contribution < -0.4 is 5.73 Å². The Hall–Kier alpha value is -0.930. The number of hydrogen-bond donors (Lipinski definition) is 1. The Morgan fingerprint density at radius 3 is 2.75 bits per heavy atom. The van der Waals surface area contributed by atoms with Crippen molar-refractivity contribution in [3.63, 3.8) is 0 Å². The summed E-state index contributed by atoms with van der Waals surface area (Å²) in [6.07, 6.45) is 3.25. The predicted octanol–water partition coefficient (Wildman–Crippen LogP) is 2.14. The third-order valence-electron chi connectivity index (χ3n) is 3.45. The molecule has 1 aromatic rings. The lowest BCUT2D eigenvalue weighted by Crippen LogP contribution is -2.30. The van der Waals surface area contributed by atoms with E-state index in [0.717, 1.165) is 24.8 Å². The van der Waals surface area contributed by atoms with Gasteiger partial charge in [-0.05, 0) is 32.4 Å². The molecule has 1 aliphatic rings. The molecule has 2 N–H and O–H groups in total. The topological polar surface area (TPSA) is 29.3 Å². The Morgan fingerprint density at radius 2 is 2.12 bits per heavy atom. The molecule has 1 aliphatic carbocycles. The van der Waals surface area contributed by atoms with Crippen molar-refractivity contribution in [3.05, 3.63) is 35.6 Å². The molecule has 0 saturated heterocycles. The second-order valence-corrected chi connectivity index (χ2v) is 4.73. The van der Waals surface area contributed by atoms with Crippen molar-refractivity contribution in [1.82, 2.24) is 4.90 Å². The van der Waals surface area contributed by atoms with Crippen molar-refractivity contribution < 1.29 is 4.39 Å². The maximum absolute atomic E-state index is 13.5. The Bertz CT molecular complexity index is 354. The third-order valence-corrected chi connectivity index (χ3v) is 3.45. The molecule has 0 bridgehead atoms. The summed E-state index contributed by atoms with van der Waals surface area (Å²) < 4.78 is 13.5. The number of halogens is 1. The van der Waals surface area contributed by atoms with Gasteiger partial charge in [0.05, 0.1) is 0 Å². The summed E-state index contributed by atoms with van der Waals surface area (Å²) in [4.78, 5) is 2.21. The van der Waals surface area contributed by atoms with Gasteiger partial charge in [-0.3, -0.25) is 4.90 Å². The smallest absolute Gasteiger partial charge is 0.127 e. The van der Waals surface area contributed by atoms with Crippen LogP contribution in [0.5, 0.6) is 0 Å². The Balaban J connectivity index is 1.97. The number of hydrogen-bond acceptors (Lipinski definition) is 2. The van der Waals surface area contributed by atoms with Gasteiger partial charge in [0.2, 0.25) is 0 Å². The van der Waals surface area contributed by atoms with Gasteiger partial charge in [0.1, 0.15) is 5.82 Å². The van der Waals surface area contributed by atoms with Gasteiger partial charge < -0.3 is 5.73 Å². The minimum absolute atomic E-state index is 0.114. The molecule has 0 radical (unpaired) electrons. The number of nitrogens with two attached hydrogens (primary N) is 1. The Morgan fingerprint density at radius 1 is 1.38 bits per heavy atom. The summed E-state index contributed by atoms with van der Waals surface area (Å²) in [5, 5.41) is 0. The summed E-state index contributed by atoms with van der Waals surface area (Å²) in [5.74, 6) is -0.114. The molecule has 3 heteroatoms. The first kappa shape index (κ1) is 11.6. The fourth-order valence-electron chi connectivity index (χ4n) is 2.42. The molecule has 0 heterocycles. The average Bonchev–Trinajstić information content (AvgIpc) is 2.68. The van der Waals surface area contributed by atoms with E-state index in [1.807, 2.05) is 12.1 Å². The van der Waals surface area contributed by atoms with E-state index in [9.17, 15) is 4.39 Å². The normalized spacial score (nSPS) is 25.2. The van der Waals surface area contributed by atoms with Gasteiger partial charge in [0.25, 0.3) is 0 Å². The van der Waals surface area contributed by atoms with Gasteiger partial charge in [-0.25, -0.2) is 4.39 Å². The van der Waals surface area contributed by atoms with Gasteiger partial charge in [-0.1, -0.05) is 18.2 Å². The second kappa shape index (κ2) is 4.93. The van der Waals surface area contributed by atoms with Crippen molar-refractivity contribution in [1.29, 1.82) is 0 Å². The van der Waals surface area contributed by atoms with Crippen molar-refractivity contribution >= 4 is 0 Å². The lowest BCUT2D eigenvalue weighted by molar-refractivity contribution is 0.233. The molecule has 88 valence electrons. The molecule has 0 spiro atoms. The van der Waals surface area contributed by atoms with Crippen molar-refractivity contribution in [3.8, 4) is 0 Å². The summed E-state index contributed by atoms with van der Waals surface area (Å²) >= 11 is 0. The molecular weight excluding hydrogens is 203 g/mol. The van der Waals surface area contributed by atoms with Crippen molar-refractivity contribution in [2.24, 2.45) is 5.73 Å². The zero-order valence-electron chi connectivity index (χ0n) is 9.70. The fraction of sp³-hybridized carbons (Fsp3) is 0.538. The van der Waals surface area contributed by atoms with E-state index in [1.54, 1.807) is 6.07 Å². The molecular formula is C13H19FN2. The Labute approximate surface area is 96.2 Å². The second-order valence-electron chi connectivity index (χ2n) is 4.73. The number of nitrogens with zero attached hydrogens (tertiary/aromatic N) is 1. The summed E-state index contributed by atoms with van der Waals surface area (Å²) in [6.45, 7) is 0.671. The minimum Gasteiger partial charge on any atom is -0.328 e. The molecule has 1 aromatic carbocycles. The molecule has 0 amide bonds. The molecule has 2 nitrogen and oxygen atoms in total. The maximum Gasteiger partial charge on any atom is 0.127 e. The minimum atomic E-state index is -0.114. The van der Waals surface area contributed by atoms with Crippen LogP contribution >= 0.6 is 0 Å². The highest BCUT2D eigenvalue weighted by molar-refractivity contribution is 5.17. The van der Waals surface area contributed by atoms with Gasteiger partial charge in [-0.15, -0.1) is 0 Å². The zero-order valence-corrected chi connectivity index (χ0v) is 9.70. The van der Waals surface area contributed by atoms with Crippen LogP contribution in [0.4, 0.5) is 4.39 Å². The van der Waals surface area contributed by atoms with E-state index in [4.69, 9.17) is 5.73 Å². The SMILES string of the molecule is CN(Cc1ccccc1F)C1CCC(N)C1. The highest BCUT2D eigenvalue weighted by atomic mass is 19.1. The summed E-state index contributed by atoms with van der Waals surface area (Å²) in [5.41, 5.74) is 6.65. The molecule has 2 unspecified atom stereocenters. The van der Waals surface area contributed by atoms with Crippen LogP contribution in [0.15, 0.2) is 24.3 Å². The third kappa shape index (κ3) is 2.60. The van der Waals surface area contributed by atoms with Crippen LogP contribution in [0.3, 0.4) is 0 Å². The van der Waals surface area contributed by atoms with Gasteiger partial charge >= 0.3 is 0 Å². The van der Waals surface area contributed by atoms with Crippen LogP contribution in [0, 0.1) is 5.82 Å². The van der Waals surface area contributed by atoms with E-state index in [1.165, 1.54) is 6.07 Å². The average molecular weight is 222 g/mol. The highest BCUT2D eigenvalue weighted by Gasteiger charge is 2.25. The summed E-state index contributed by atoms with van der Waals surface area (Å²) in [6, 6.07) is 7.81. The quantitative estimate of drug-likeness (QED) is 0.849. The standard InChI is InChI=1S/C13H19FN2/c1-16(12-7-6-11(15)8-12)9-10-4-2-3-5-13(10)14/h2-5,11-12H,6-9,15H2,1H3. The van der Waals surface area contributed by atoms with E-state index < -0.39 is 0 Å². The maximum atomic E-state index is 13.5. The molecule has 1 saturated carbocycles. The number of benzene rings is 1. The molecule has 16 heavy (non-hydrogen) atoms. The van der Waals surface area contributed by atoms with Crippen molar-refractivity contribution in [2.75, 3.05) is 7.05 Å². The van der Waals surface area contributed by atoms with Crippen molar-refractivity contribution in [2.45, 2.75) is 37.9 Å². The first-order valence-electron chi connectivity index (χ1n) is 5.86. The van der Waals surface area contributed by atoms with E-state index in [-0.39, 0.29) is 5.82 Å². The monoisotopic (exact) mass is 222 g/mol. The first-order valence-corrected chi connectivity index (χ1v) is 5.86. The predicted molar refractivity (Wildman–Crippen MR) is 63.5 cm³/mol. The van der Waals surface area contributed by atoms with Gasteiger partial charge in [0, 0.05) is 24.2 Å². The van der Waals surface area contributed by atoms with Gasteiger partial charge in [-0.2, -0.15) is 0 Å². The molecule has 2 atom stereocenters. The fourth-order valence-corrected chi connectivity index (χ4v) is 2.42. The van der Waals surface area contributed by atoms with Crippen LogP contribution in [0.2, 0.25) is 0 Å². The summed E-state index contributed by atoms with van der Waals surface area (Å²) in [7, 11) is 2.05.